The van der Waals surface area contributed by atoms with E-state index in [0.29, 0.717) is 30.3 Å². The van der Waals surface area contributed by atoms with E-state index in [2.05, 4.69) is 15.3 Å². The molecule has 1 aliphatic rings. The maximum atomic E-state index is 12.3. The number of rotatable bonds is 5. The standard InChI is InChI=1S/C16H16F3N3O2/c17-16(18,19)7-5-11-6-8-20-15(22-11)21-9-12-10-23-13-3-1-2-4-14(13)24-12/h1-4,6,8,12H,5,7,9-10H2,(H,20,21,22)/t12-/m1/s1. The highest BCUT2D eigenvalue weighted by atomic mass is 19.4. The first kappa shape index (κ1) is 16.4. The molecule has 1 aromatic carbocycles. The zero-order valence-corrected chi connectivity index (χ0v) is 12.7. The van der Waals surface area contributed by atoms with Crippen LogP contribution in [0.2, 0.25) is 0 Å². The van der Waals surface area contributed by atoms with Gasteiger partial charge < -0.3 is 14.8 Å². The van der Waals surface area contributed by atoms with Crippen LogP contribution in [0.15, 0.2) is 36.5 Å². The minimum absolute atomic E-state index is 0.170. The minimum atomic E-state index is -4.20. The molecule has 0 saturated carbocycles. The van der Waals surface area contributed by atoms with Crippen molar-refractivity contribution in [3.05, 3.63) is 42.2 Å². The van der Waals surface area contributed by atoms with Crippen LogP contribution in [0.5, 0.6) is 11.5 Å². The van der Waals surface area contributed by atoms with Crippen molar-refractivity contribution in [1.29, 1.82) is 0 Å². The van der Waals surface area contributed by atoms with Gasteiger partial charge >= 0.3 is 6.18 Å². The largest absolute Gasteiger partial charge is 0.486 e. The first-order valence-corrected chi connectivity index (χ1v) is 7.51. The molecule has 0 unspecified atom stereocenters. The van der Waals surface area contributed by atoms with Crippen molar-refractivity contribution < 1.29 is 22.6 Å². The van der Waals surface area contributed by atoms with Crippen molar-refractivity contribution in [2.24, 2.45) is 0 Å². The maximum Gasteiger partial charge on any atom is 0.389 e. The zero-order chi connectivity index (χ0) is 17.0. The molecule has 0 fully saturated rings. The SMILES string of the molecule is FC(F)(F)CCc1ccnc(NC[C@@H]2COc3ccccc3O2)n1. The second-order valence-corrected chi connectivity index (χ2v) is 5.37. The van der Waals surface area contributed by atoms with Crippen molar-refractivity contribution >= 4 is 5.95 Å². The van der Waals surface area contributed by atoms with E-state index < -0.39 is 12.6 Å². The van der Waals surface area contributed by atoms with Crippen molar-refractivity contribution in [3.8, 4) is 11.5 Å². The van der Waals surface area contributed by atoms with Gasteiger partial charge in [-0.25, -0.2) is 9.97 Å². The van der Waals surface area contributed by atoms with Gasteiger partial charge in [-0.2, -0.15) is 13.2 Å². The van der Waals surface area contributed by atoms with E-state index in [0.717, 1.165) is 0 Å². The van der Waals surface area contributed by atoms with Crippen LogP contribution in [0, 0.1) is 0 Å². The summed E-state index contributed by atoms with van der Waals surface area (Å²) in [7, 11) is 0. The molecule has 3 rings (SSSR count). The number of alkyl halides is 3. The lowest BCUT2D eigenvalue weighted by atomic mass is 10.2. The molecule has 5 nitrogen and oxygen atoms in total. The molecule has 0 radical (unpaired) electrons. The number of para-hydroxylation sites is 2. The highest BCUT2D eigenvalue weighted by molar-refractivity contribution is 5.41. The Morgan fingerprint density at radius 3 is 2.75 bits per heavy atom. The summed E-state index contributed by atoms with van der Waals surface area (Å²) in [6.45, 7) is 0.759. The van der Waals surface area contributed by atoms with E-state index in [1.54, 1.807) is 0 Å². The molecular weight excluding hydrogens is 323 g/mol. The molecule has 0 aliphatic carbocycles. The lowest BCUT2D eigenvalue weighted by Gasteiger charge is -2.26. The van der Waals surface area contributed by atoms with Gasteiger partial charge in [-0.1, -0.05) is 12.1 Å². The van der Waals surface area contributed by atoms with Gasteiger partial charge in [0.2, 0.25) is 5.95 Å². The molecule has 1 atom stereocenters. The number of anilines is 1. The number of aryl methyl sites for hydroxylation is 1. The predicted octanol–water partition coefficient (Wildman–Crippen LogP) is 3.22. The second-order valence-electron chi connectivity index (χ2n) is 5.37. The van der Waals surface area contributed by atoms with Crippen LogP contribution in [0.1, 0.15) is 12.1 Å². The van der Waals surface area contributed by atoms with Crippen LogP contribution in [0.3, 0.4) is 0 Å². The lowest BCUT2D eigenvalue weighted by molar-refractivity contribution is -0.134. The Morgan fingerprint density at radius 2 is 1.96 bits per heavy atom. The van der Waals surface area contributed by atoms with Gasteiger partial charge in [-0.15, -0.1) is 0 Å². The van der Waals surface area contributed by atoms with Crippen LogP contribution in [0.25, 0.3) is 0 Å². The van der Waals surface area contributed by atoms with Gasteiger partial charge in [0.15, 0.2) is 11.5 Å². The zero-order valence-electron chi connectivity index (χ0n) is 12.7. The minimum Gasteiger partial charge on any atom is -0.486 e. The average Bonchev–Trinajstić information content (AvgIpc) is 2.58. The highest BCUT2D eigenvalue weighted by Gasteiger charge is 2.27. The third-order valence-electron chi connectivity index (χ3n) is 3.43. The van der Waals surface area contributed by atoms with Crippen LogP contribution < -0.4 is 14.8 Å². The van der Waals surface area contributed by atoms with Crippen molar-refractivity contribution in [1.82, 2.24) is 9.97 Å². The molecule has 1 aliphatic heterocycles. The molecule has 24 heavy (non-hydrogen) atoms. The number of ether oxygens (including phenoxy) is 2. The van der Waals surface area contributed by atoms with Gasteiger partial charge in [-0.3, -0.25) is 0 Å². The fraction of sp³-hybridized carbons (Fsp3) is 0.375. The molecule has 2 heterocycles. The third kappa shape index (κ3) is 4.50. The van der Waals surface area contributed by atoms with Crippen LogP contribution in [-0.2, 0) is 6.42 Å². The maximum absolute atomic E-state index is 12.3. The van der Waals surface area contributed by atoms with Gasteiger partial charge in [0, 0.05) is 18.3 Å². The number of hydrogen-bond acceptors (Lipinski definition) is 5. The van der Waals surface area contributed by atoms with Crippen LogP contribution >= 0.6 is 0 Å². The quantitative estimate of drug-likeness (QED) is 0.906. The molecule has 2 aromatic rings. The summed E-state index contributed by atoms with van der Waals surface area (Å²) in [5, 5.41) is 2.97. The summed E-state index contributed by atoms with van der Waals surface area (Å²) in [6, 6.07) is 8.83. The molecule has 1 aromatic heterocycles. The Balaban J connectivity index is 1.54. The second kappa shape index (κ2) is 6.94. The number of hydrogen-bond donors (Lipinski definition) is 1. The van der Waals surface area contributed by atoms with E-state index in [-0.39, 0.29) is 18.5 Å². The van der Waals surface area contributed by atoms with E-state index >= 15 is 0 Å². The van der Waals surface area contributed by atoms with E-state index in [4.69, 9.17) is 9.47 Å². The Morgan fingerprint density at radius 1 is 1.17 bits per heavy atom. The highest BCUT2D eigenvalue weighted by Crippen LogP contribution is 2.30. The molecule has 1 N–H and O–H groups in total. The molecule has 8 heteroatoms. The summed E-state index contributed by atoms with van der Waals surface area (Å²) in [6.07, 6.45) is -4.06. The first-order valence-electron chi connectivity index (χ1n) is 7.51. The Hall–Kier alpha value is -2.51. The van der Waals surface area contributed by atoms with Gasteiger partial charge in [0.05, 0.1) is 6.54 Å². The Bertz CT molecular complexity index is 694. The predicted molar refractivity (Wildman–Crippen MR) is 81.3 cm³/mol. The van der Waals surface area contributed by atoms with Crippen molar-refractivity contribution in [2.45, 2.75) is 25.1 Å². The topological polar surface area (TPSA) is 56.3 Å². The fourth-order valence-corrected chi connectivity index (χ4v) is 2.26. The van der Waals surface area contributed by atoms with Gasteiger partial charge in [0.25, 0.3) is 0 Å². The summed E-state index contributed by atoms with van der Waals surface area (Å²) in [4.78, 5) is 8.10. The number of benzene rings is 1. The normalized spacial score (nSPS) is 16.7. The number of aromatic nitrogens is 2. The molecule has 0 bridgehead atoms. The third-order valence-corrected chi connectivity index (χ3v) is 3.43. The number of fused-ring (bicyclic) bond motifs is 1. The number of nitrogens with one attached hydrogen (secondary N) is 1. The summed E-state index contributed by atoms with van der Waals surface area (Å²) in [5.74, 6) is 1.63. The van der Waals surface area contributed by atoms with Gasteiger partial charge in [-0.05, 0) is 24.6 Å². The first-order chi connectivity index (χ1) is 11.5. The fourth-order valence-electron chi connectivity index (χ4n) is 2.26. The Kier molecular flexibility index (Phi) is 4.73. The molecule has 0 spiro atoms. The van der Waals surface area contributed by atoms with E-state index in [9.17, 15) is 13.2 Å². The molecular formula is C16H16F3N3O2. The number of nitrogens with zero attached hydrogens (tertiary/aromatic N) is 2. The summed E-state index contributed by atoms with van der Waals surface area (Å²) >= 11 is 0. The Labute approximate surface area is 136 Å². The number of halogens is 3. The van der Waals surface area contributed by atoms with Crippen LogP contribution in [0.4, 0.5) is 19.1 Å². The van der Waals surface area contributed by atoms with Gasteiger partial charge in [0.1, 0.15) is 12.7 Å². The molecule has 128 valence electrons. The molecule has 0 amide bonds. The average molecular weight is 339 g/mol. The van der Waals surface area contributed by atoms with Crippen molar-refractivity contribution in [2.75, 3.05) is 18.5 Å². The summed E-state index contributed by atoms with van der Waals surface area (Å²) < 4.78 is 48.2. The summed E-state index contributed by atoms with van der Waals surface area (Å²) in [5.41, 5.74) is 0.344. The van der Waals surface area contributed by atoms with E-state index in [1.165, 1.54) is 12.3 Å². The van der Waals surface area contributed by atoms with E-state index in [1.807, 2.05) is 24.3 Å². The monoisotopic (exact) mass is 339 g/mol. The molecule has 0 saturated heterocycles. The lowest BCUT2D eigenvalue weighted by Crippen LogP contribution is -2.35. The smallest absolute Gasteiger partial charge is 0.389 e. The van der Waals surface area contributed by atoms with Crippen molar-refractivity contribution in [3.63, 3.8) is 0 Å². The van der Waals surface area contributed by atoms with Crippen LogP contribution in [-0.4, -0.2) is 35.4 Å².